The van der Waals surface area contributed by atoms with Crippen LogP contribution in [0.4, 0.5) is 23.2 Å². The highest BCUT2D eigenvalue weighted by Gasteiger charge is 2.30. The van der Waals surface area contributed by atoms with Gasteiger partial charge in [-0.25, -0.2) is 14.1 Å². The molecule has 1 heterocycles. The van der Waals surface area contributed by atoms with Crippen molar-refractivity contribution in [2.75, 3.05) is 5.32 Å². The molecule has 0 aliphatic carbocycles. The minimum Gasteiger partial charge on any atom is -0.331 e. The predicted octanol–water partition coefficient (Wildman–Crippen LogP) is 6.54. The number of anilines is 1. The molecule has 6 nitrogen and oxygen atoms in total. The van der Waals surface area contributed by atoms with Crippen molar-refractivity contribution in [3.8, 4) is 17.1 Å². The van der Waals surface area contributed by atoms with Crippen LogP contribution in [0.2, 0.25) is 0 Å². The Labute approximate surface area is 216 Å². The second-order valence-corrected chi connectivity index (χ2v) is 8.80. The third kappa shape index (κ3) is 6.56. The van der Waals surface area contributed by atoms with Crippen molar-refractivity contribution in [2.45, 2.75) is 25.9 Å². The van der Waals surface area contributed by atoms with E-state index >= 15 is 0 Å². The molecule has 0 atom stereocenters. The average molecular weight is 527 g/mol. The minimum absolute atomic E-state index is 0.184. The van der Waals surface area contributed by atoms with E-state index in [1.165, 1.54) is 35.3 Å². The molecule has 190 valence electrons. The maximum Gasteiger partial charge on any atom is 0.416 e. The first-order valence-electron chi connectivity index (χ1n) is 11.2. The highest BCUT2D eigenvalue weighted by atomic mass is 32.1. The summed E-state index contributed by atoms with van der Waals surface area (Å²) in [5, 5.41) is 11.7. The number of nitrogens with zero attached hydrogens (tertiary/aromatic N) is 4. The topological polar surface area (TPSA) is 67.1 Å². The summed E-state index contributed by atoms with van der Waals surface area (Å²) >= 11 is 5.26. The molecule has 0 aliphatic heterocycles. The lowest BCUT2D eigenvalue weighted by Crippen LogP contribution is -2.24. The molecule has 0 spiro atoms. The van der Waals surface area contributed by atoms with Crippen LogP contribution in [-0.4, -0.2) is 26.1 Å². The van der Waals surface area contributed by atoms with Gasteiger partial charge in [-0.2, -0.15) is 18.3 Å². The molecule has 0 fully saturated rings. The van der Waals surface area contributed by atoms with Gasteiger partial charge in [-0.3, -0.25) is 5.43 Å². The molecule has 4 aromatic rings. The maximum absolute atomic E-state index is 13.7. The molecular formula is C26H22F4N6S. The third-order valence-corrected chi connectivity index (χ3v) is 5.58. The van der Waals surface area contributed by atoms with Crippen molar-refractivity contribution < 1.29 is 17.6 Å². The Morgan fingerprint density at radius 3 is 2.38 bits per heavy atom. The zero-order chi connectivity index (χ0) is 26.6. The molecule has 4 rings (SSSR count). The first-order valence-corrected chi connectivity index (χ1v) is 11.6. The molecule has 2 N–H and O–H groups in total. The number of halogens is 4. The quantitative estimate of drug-likeness (QED) is 0.129. The van der Waals surface area contributed by atoms with E-state index in [0.29, 0.717) is 17.2 Å². The monoisotopic (exact) mass is 526 g/mol. The largest absolute Gasteiger partial charge is 0.416 e. The Balaban J connectivity index is 1.37. The Hall–Kier alpha value is -4.12. The van der Waals surface area contributed by atoms with E-state index in [1.54, 1.807) is 36.5 Å². The van der Waals surface area contributed by atoms with Gasteiger partial charge in [0.15, 0.2) is 10.9 Å². The normalized spacial score (nSPS) is 11.8. The van der Waals surface area contributed by atoms with Crippen LogP contribution in [0.15, 0.2) is 78.2 Å². The van der Waals surface area contributed by atoms with E-state index in [-0.39, 0.29) is 16.8 Å². The lowest BCUT2D eigenvalue weighted by atomic mass is 10.0. The Morgan fingerprint density at radius 1 is 1.03 bits per heavy atom. The van der Waals surface area contributed by atoms with Crippen LogP contribution in [0.25, 0.3) is 17.1 Å². The molecule has 0 aliphatic rings. The molecule has 0 saturated carbocycles. The van der Waals surface area contributed by atoms with E-state index in [0.717, 1.165) is 28.8 Å². The Morgan fingerprint density at radius 2 is 1.73 bits per heavy atom. The molecular weight excluding hydrogens is 504 g/mol. The van der Waals surface area contributed by atoms with E-state index < -0.39 is 11.7 Å². The number of thiocarbonyl (C=S) groups is 1. The van der Waals surface area contributed by atoms with Crippen LogP contribution >= 0.6 is 12.2 Å². The summed E-state index contributed by atoms with van der Waals surface area (Å²) in [5.74, 6) is 0.239. The Bertz CT molecular complexity index is 1410. The highest BCUT2D eigenvalue weighted by molar-refractivity contribution is 7.80. The second kappa shape index (κ2) is 10.9. The van der Waals surface area contributed by atoms with Gasteiger partial charge in [-0.1, -0.05) is 44.2 Å². The van der Waals surface area contributed by atoms with Crippen LogP contribution in [0.5, 0.6) is 0 Å². The van der Waals surface area contributed by atoms with Gasteiger partial charge in [0.05, 0.1) is 17.5 Å². The summed E-state index contributed by atoms with van der Waals surface area (Å²) in [6.07, 6.45) is -1.39. The van der Waals surface area contributed by atoms with Gasteiger partial charge >= 0.3 is 6.18 Å². The van der Waals surface area contributed by atoms with E-state index in [9.17, 15) is 17.6 Å². The zero-order valence-electron chi connectivity index (χ0n) is 19.8. The number of hydrogen-bond donors (Lipinski definition) is 2. The molecule has 0 amide bonds. The Kier molecular flexibility index (Phi) is 7.63. The molecule has 11 heteroatoms. The first-order chi connectivity index (χ1) is 17.6. The highest BCUT2D eigenvalue weighted by Crippen LogP contribution is 2.29. The van der Waals surface area contributed by atoms with Crippen LogP contribution in [-0.2, 0) is 6.18 Å². The van der Waals surface area contributed by atoms with E-state index in [2.05, 4.69) is 25.9 Å². The molecule has 3 aromatic carbocycles. The molecule has 0 bridgehead atoms. The molecule has 0 radical (unpaired) electrons. The van der Waals surface area contributed by atoms with E-state index in [1.807, 2.05) is 13.8 Å². The van der Waals surface area contributed by atoms with Crippen molar-refractivity contribution in [1.29, 1.82) is 0 Å². The van der Waals surface area contributed by atoms with Gasteiger partial charge < -0.3 is 5.32 Å². The van der Waals surface area contributed by atoms with Gasteiger partial charge in [0.25, 0.3) is 0 Å². The van der Waals surface area contributed by atoms with Crippen molar-refractivity contribution >= 4 is 29.2 Å². The van der Waals surface area contributed by atoms with Crippen LogP contribution < -0.4 is 10.7 Å². The van der Waals surface area contributed by atoms with Crippen molar-refractivity contribution in [3.63, 3.8) is 0 Å². The molecule has 0 unspecified atom stereocenters. The smallest absolute Gasteiger partial charge is 0.331 e. The van der Waals surface area contributed by atoms with Gasteiger partial charge in [-0.15, -0.1) is 5.10 Å². The van der Waals surface area contributed by atoms with Gasteiger partial charge in [0, 0.05) is 11.3 Å². The summed E-state index contributed by atoms with van der Waals surface area (Å²) in [4.78, 5) is 4.25. The van der Waals surface area contributed by atoms with Crippen molar-refractivity contribution in [1.82, 2.24) is 20.2 Å². The number of nitrogens with one attached hydrogen (secondary N) is 2. The summed E-state index contributed by atoms with van der Waals surface area (Å²) in [6, 6.07) is 16.4. The minimum atomic E-state index is -4.40. The lowest BCUT2D eigenvalue weighted by molar-refractivity contribution is -0.137. The van der Waals surface area contributed by atoms with Gasteiger partial charge in [-0.05, 0) is 65.7 Å². The summed E-state index contributed by atoms with van der Waals surface area (Å²) in [5.41, 5.74) is 5.45. The second-order valence-electron chi connectivity index (χ2n) is 8.39. The standard InChI is InChI=1S/C26H22F4N6S/c1-16(2)22-12-9-20(27)13-23(22)33-25(37)34-32-14-17-3-5-18(6-4-17)24-31-15-36(35-24)21-10-7-19(8-11-21)26(28,29)30/h3-16H,1-2H3,(H2,33,34,37)/b32-14+. The van der Waals surface area contributed by atoms with Crippen LogP contribution in [0, 0.1) is 5.82 Å². The fourth-order valence-electron chi connectivity index (χ4n) is 3.50. The number of hydrazone groups is 1. The van der Waals surface area contributed by atoms with Crippen molar-refractivity contribution in [3.05, 3.63) is 95.6 Å². The average Bonchev–Trinajstić information content (AvgIpc) is 3.34. The predicted molar refractivity (Wildman–Crippen MR) is 139 cm³/mol. The van der Waals surface area contributed by atoms with Crippen LogP contribution in [0.1, 0.15) is 36.5 Å². The number of aromatic nitrogens is 3. The molecule has 0 saturated heterocycles. The molecule has 1 aromatic heterocycles. The summed E-state index contributed by atoms with van der Waals surface area (Å²) in [7, 11) is 0. The third-order valence-electron chi connectivity index (χ3n) is 5.39. The zero-order valence-corrected chi connectivity index (χ0v) is 20.6. The van der Waals surface area contributed by atoms with Crippen LogP contribution in [0.3, 0.4) is 0 Å². The summed E-state index contributed by atoms with van der Waals surface area (Å²) in [6.45, 7) is 4.01. The fourth-order valence-corrected chi connectivity index (χ4v) is 3.66. The molecule has 37 heavy (non-hydrogen) atoms. The lowest BCUT2D eigenvalue weighted by Gasteiger charge is -2.14. The van der Waals surface area contributed by atoms with Gasteiger partial charge in [0.1, 0.15) is 12.1 Å². The number of alkyl halides is 3. The fraction of sp³-hybridized carbons (Fsp3) is 0.154. The van der Waals surface area contributed by atoms with E-state index in [4.69, 9.17) is 12.2 Å². The number of benzene rings is 3. The first kappa shape index (κ1) is 26.0. The SMILES string of the molecule is CC(C)c1ccc(F)cc1NC(=S)N/N=C/c1ccc(-c2ncn(-c3ccc(C(F)(F)F)cc3)n2)cc1. The van der Waals surface area contributed by atoms with Gasteiger partial charge in [0.2, 0.25) is 0 Å². The number of rotatable bonds is 6. The van der Waals surface area contributed by atoms with Crippen molar-refractivity contribution in [2.24, 2.45) is 5.10 Å². The maximum atomic E-state index is 13.7. The number of hydrogen-bond acceptors (Lipinski definition) is 4. The summed E-state index contributed by atoms with van der Waals surface area (Å²) < 4.78 is 53.4.